The highest BCUT2D eigenvalue weighted by Crippen LogP contribution is 2.25. The lowest BCUT2D eigenvalue weighted by Crippen LogP contribution is -1.97. The summed E-state index contributed by atoms with van der Waals surface area (Å²) in [6.07, 6.45) is 0. The van der Waals surface area contributed by atoms with Crippen molar-refractivity contribution in [1.82, 2.24) is 0 Å². The molecule has 0 aliphatic rings. The van der Waals surface area contributed by atoms with Gasteiger partial charge in [0.15, 0.2) is 0 Å². The third kappa shape index (κ3) is 1.82. The van der Waals surface area contributed by atoms with E-state index in [0.29, 0.717) is 5.58 Å². The van der Waals surface area contributed by atoms with E-state index in [0.717, 1.165) is 22.1 Å². The lowest BCUT2D eigenvalue weighted by Gasteiger charge is -2.05. The monoisotopic (exact) mass is 236 g/mol. The molecule has 2 heteroatoms. The minimum absolute atomic E-state index is 0.299. The van der Waals surface area contributed by atoms with Crippen LogP contribution in [0.2, 0.25) is 0 Å². The van der Waals surface area contributed by atoms with Gasteiger partial charge in [0.05, 0.1) is 0 Å². The number of fused-ring (bicyclic) bond motifs is 1. The van der Waals surface area contributed by atoms with Crippen molar-refractivity contribution < 1.29 is 4.42 Å². The first-order valence-corrected chi connectivity index (χ1v) is 5.84. The van der Waals surface area contributed by atoms with E-state index in [1.807, 2.05) is 37.3 Å². The van der Waals surface area contributed by atoms with E-state index in [9.17, 15) is 4.79 Å². The number of benzene rings is 2. The average molecular weight is 236 g/mol. The van der Waals surface area contributed by atoms with E-state index in [-0.39, 0.29) is 5.63 Å². The highest BCUT2D eigenvalue weighted by atomic mass is 16.4. The lowest BCUT2D eigenvalue weighted by molar-refractivity contribution is 0.560. The Morgan fingerprint density at radius 2 is 1.67 bits per heavy atom. The van der Waals surface area contributed by atoms with Gasteiger partial charge in [0.2, 0.25) is 0 Å². The summed E-state index contributed by atoms with van der Waals surface area (Å²) in [6.45, 7) is 1.92. The van der Waals surface area contributed by atoms with Gasteiger partial charge in [0, 0.05) is 11.5 Å². The third-order valence-electron chi connectivity index (χ3n) is 3.06. The Balaban J connectivity index is 2.26. The van der Waals surface area contributed by atoms with Crippen molar-refractivity contribution in [3.8, 4) is 11.1 Å². The Morgan fingerprint density at radius 1 is 0.889 bits per heavy atom. The molecule has 0 saturated carbocycles. The van der Waals surface area contributed by atoms with Crippen molar-refractivity contribution in [2.24, 2.45) is 0 Å². The number of aryl methyl sites for hydroxylation is 1. The first kappa shape index (κ1) is 10.8. The summed E-state index contributed by atoms with van der Waals surface area (Å²) in [5, 5.41) is 0.982. The van der Waals surface area contributed by atoms with E-state index >= 15 is 0 Å². The summed E-state index contributed by atoms with van der Waals surface area (Å²) in [5.41, 5.74) is 3.57. The van der Waals surface area contributed by atoms with Crippen LogP contribution >= 0.6 is 0 Å². The largest absolute Gasteiger partial charge is 0.423 e. The fraction of sp³-hybridized carbons (Fsp3) is 0.0625. The molecule has 1 heterocycles. The molecule has 1 aromatic heterocycles. The second-order valence-corrected chi connectivity index (χ2v) is 4.33. The van der Waals surface area contributed by atoms with Crippen molar-refractivity contribution in [2.75, 3.05) is 0 Å². The minimum Gasteiger partial charge on any atom is -0.423 e. The number of hydrogen-bond acceptors (Lipinski definition) is 2. The van der Waals surface area contributed by atoms with Gasteiger partial charge in [-0.2, -0.15) is 0 Å². The number of rotatable bonds is 1. The first-order valence-electron chi connectivity index (χ1n) is 5.84. The predicted octanol–water partition coefficient (Wildman–Crippen LogP) is 3.77. The van der Waals surface area contributed by atoms with E-state index < -0.39 is 0 Å². The maximum atomic E-state index is 11.3. The molecular formula is C16H12O2. The molecule has 0 fully saturated rings. The molecule has 0 unspecified atom stereocenters. The molecule has 3 rings (SSSR count). The molecule has 2 aromatic carbocycles. The predicted molar refractivity (Wildman–Crippen MR) is 72.7 cm³/mol. The second kappa shape index (κ2) is 4.15. The molecule has 0 N–H and O–H groups in total. The third-order valence-corrected chi connectivity index (χ3v) is 3.06. The molecule has 3 aromatic rings. The fourth-order valence-corrected chi connectivity index (χ4v) is 2.13. The topological polar surface area (TPSA) is 30.2 Å². The molecule has 0 radical (unpaired) electrons. The van der Waals surface area contributed by atoms with Crippen LogP contribution in [0.15, 0.2) is 63.8 Å². The molecule has 0 aliphatic carbocycles. The van der Waals surface area contributed by atoms with Crippen molar-refractivity contribution in [3.05, 3.63) is 70.6 Å². The van der Waals surface area contributed by atoms with Gasteiger partial charge < -0.3 is 4.42 Å². The van der Waals surface area contributed by atoms with Crippen molar-refractivity contribution in [3.63, 3.8) is 0 Å². The van der Waals surface area contributed by atoms with Crippen LogP contribution in [-0.2, 0) is 0 Å². The average Bonchev–Trinajstić information content (AvgIpc) is 2.39. The maximum absolute atomic E-state index is 11.3. The van der Waals surface area contributed by atoms with Crippen molar-refractivity contribution in [1.29, 1.82) is 0 Å². The van der Waals surface area contributed by atoms with E-state index in [2.05, 4.69) is 18.2 Å². The molecular weight excluding hydrogens is 224 g/mol. The van der Waals surface area contributed by atoms with Crippen LogP contribution in [0.5, 0.6) is 0 Å². The molecule has 0 aliphatic heterocycles. The molecule has 0 saturated heterocycles. The van der Waals surface area contributed by atoms with Crippen LogP contribution in [0.4, 0.5) is 0 Å². The molecule has 0 spiro atoms. The van der Waals surface area contributed by atoms with Crippen LogP contribution in [0.25, 0.3) is 22.1 Å². The molecule has 0 atom stereocenters. The molecule has 2 nitrogen and oxygen atoms in total. The summed E-state index contributed by atoms with van der Waals surface area (Å²) < 4.78 is 5.18. The Bertz CT molecular complexity index is 755. The molecule has 18 heavy (non-hydrogen) atoms. The zero-order chi connectivity index (χ0) is 12.5. The SMILES string of the molecule is Cc1cc(=O)oc2ccc(-c3ccccc3)cc12. The van der Waals surface area contributed by atoms with Crippen molar-refractivity contribution >= 4 is 11.0 Å². The standard InChI is InChI=1S/C16H12O2/c1-11-9-16(17)18-15-8-7-13(10-14(11)15)12-5-3-2-4-6-12/h2-10H,1H3. The maximum Gasteiger partial charge on any atom is 0.336 e. The Kier molecular flexibility index (Phi) is 2.49. The molecule has 88 valence electrons. The number of hydrogen-bond donors (Lipinski definition) is 0. The highest BCUT2D eigenvalue weighted by Gasteiger charge is 2.04. The van der Waals surface area contributed by atoms with Crippen LogP contribution in [0.1, 0.15) is 5.56 Å². The molecule has 0 bridgehead atoms. The fourth-order valence-electron chi connectivity index (χ4n) is 2.13. The summed E-state index contributed by atoms with van der Waals surface area (Å²) in [6, 6.07) is 17.6. The Labute approximate surface area is 105 Å². The summed E-state index contributed by atoms with van der Waals surface area (Å²) in [5.74, 6) is 0. The zero-order valence-electron chi connectivity index (χ0n) is 10.0. The summed E-state index contributed by atoms with van der Waals surface area (Å²) >= 11 is 0. The van der Waals surface area contributed by atoms with Gasteiger partial charge in [-0.05, 0) is 35.7 Å². The van der Waals surface area contributed by atoms with Gasteiger partial charge in [0.1, 0.15) is 5.58 Å². The van der Waals surface area contributed by atoms with Gasteiger partial charge in [-0.25, -0.2) is 4.79 Å². The quantitative estimate of drug-likeness (QED) is 0.602. The van der Waals surface area contributed by atoms with E-state index in [4.69, 9.17) is 4.42 Å². The van der Waals surface area contributed by atoms with Gasteiger partial charge in [-0.3, -0.25) is 0 Å². The van der Waals surface area contributed by atoms with Gasteiger partial charge in [-0.1, -0.05) is 36.4 Å². The molecule has 0 amide bonds. The van der Waals surface area contributed by atoms with E-state index in [1.165, 1.54) is 6.07 Å². The summed E-state index contributed by atoms with van der Waals surface area (Å²) in [4.78, 5) is 11.3. The van der Waals surface area contributed by atoms with Crippen molar-refractivity contribution in [2.45, 2.75) is 6.92 Å². The van der Waals surface area contributed by atoms with E-state index in [1.54, 1.807) is 0 Å². The van der Waals surface area contributed by atoms with Crippen LogP contribution in [-0.4, -0.2) is 0 Å². The van der Waals surface area contributed by atoms with Crippen LogP contribution in [0, 0.1) is 6.92 Å². The zero-order valence-corrected chi connectivity index (χ0v) is 10.0. The van der Waals surface area contributed by atoms with Crippen LogP contribution in [0.3, 0.4) is 0 Å². The Hall–Kier alpha value is -2.35. The smallest absolute Gasteiger partial charge is 0.336 e. The first-order chi connectivity index (χ1) is 8.74. The van der Waals surface area contributed by atoms with Gasteiger partial charge in [-0.15, -0.1) is 0 Å². The second-order valence-electron chi connectivity index (χ2n) is 4.33. The summed E-state index contributed by atoms with van der Waals surface area (Å²) in [7, 11) is 0. The highest BCUT2D eigenvalue weighted by molar-refractivity contribution is 5.85. The minimum atomic E-state index is -0.299. The van der Waals surface area contributed by atoms with Gasteiger partial charge in [0.25, 0.3) is 0 Å². The lowest BCUT2D eigenvalue weighted by atomic mass is 10.0. The normalized spacial score (nSPS) is 10.7. The van der Waals surface area contributed by atoms with Gasteiger partial charge >= 0.3 is 5.63 Å². The van der Waals surface area contributed by atoms with Crippen LogP contribution < -0.4 is 5.63 Å². The Morgan fingerprint density at radius 3 is 2.44 bits per heavy atom.